The maximum Gasteiger partial charge on any atom is 0.256 e. The number of hydrogen-bond donors (Lipinski definition) is 0. The molecule has 0 aliphatic rings. The molecule has 3 rings (SSSR count). The molecule has 3 aromatic rings. The lowest BCUT2D eigenvalue weighted by atomic mass is 10.1. The predicted molar refractivity (Wildman–Crippen MR) is 76.4 cm³/mol. The number of nitrogens with zero attached hydrogens (tertiary/aromatic N) is 2. The van der Waals surface area contributed by atoms with Crippen LogP contribution in [-0.2, 0) is 0 Å². The lowest BCUT2D eigenvalue weighted by molar-refractivity contribution is -0.793. The maximum atomic E-state index is 11.8. The lowest BCUT2D eigenvalue weighted by Crippen LogP contribution is -2.25. The molecule has 0 N–H and O–H groups in total. The Kier molecular flexibility index (Phi) is 3.34. The van der Waals surface area contributed by atoms with Gasteiger partial charge in [0.05, 0.1) is 0 Å². The van der Waals surface area contributed by atoms with Gasteiger partial charge in [-0.05, 0) is 53.4 Å². The molecule has 1 heterocycles. The van der Waals surface area contributed by atoms with Gasteiger partial charge in [0, 0.05) is 26.3 Å². The Bertz CT molecular complexity index is 737. The van der Waals surface area contributed by atoms with Crippen LogP contribution in [0, 0.1) is 5.21 Å². The first-order chi connectivity index (χ1) is 9.65. The van der Waals surface area contributed by atoms with Gasteiger partial charge in [0.2, 0.25) is 5.69 Å². The quantitative estimate of drug-likeness (QED) is 0.674. The molecule has 0 aliphatic carbocycles. The molecule has 0 amide bonds. The molecule has 0 spiro atoms. The summed E-state index contributed by atoms with van der Waals surface area (Å²) < 4.78 is 4.71. The zero-order chi connectivity index (χ0) is 14.1. The Hall–Kier alpha value is -2.04. The van der Waals surface area contributed by atoms with Gasteiger partial charge in [0.15, 0.2) is 0 Å². The Morgan fingerprint density at radius 2 is 1.35 bits per heavy atom. The molecule has 0 fully saturated rings. The summed E-state index contributed by atoms with van der Waals surface area (Å²) in [5.74, 6) is 0. The third-order valence-corrected chi connectivity index (χ3v) is 3.35. The molecular weight excluding hydrogens is 299 g/mol. The molecule has 6 heteroatoms. The fraction of sp³-hybridized carbons (Fsp3) is 0. The second-order valence-electron chi connectivity index (χ2n) is 4.14. The first kappa shape index (κ1) is 13.0. The Balaban J connectivity index is 2.14. The van der Waals surface area contributed by atoms with Crippen LogP contribution in [0.2, 0.25) is 10.0 Å². The number of halogens is 2. The highest BCUT2D eigenvalue weighted by Gasteiger charge is 2.22. The van der Waals surface area contributed by atoms with Crippen LogP contribution in [0.15, 0.2) is 53.2 Å². The van der Waals surface area contributed by atoms with Gasteiger partial charge in [-0.25, -0.2) is 0 Å². The van der Waals surface area contributed by atoms with E-state index in [0.29, 0.717) is 31.9 Å². The number of rotatable bonds is 2. The van der Waals surface area contributed by atoms with Crippen LogP contribution >= 0.6 is 23.2 Å². The van der Waals surface area contributed by atoms with Crippen molar-refractivity contribution in [2.24, 2.45) is 0 Å². The van der Waals surface area contributed by atoms with Crippen LogP contribution < -0.4 is 4.90 Å². The minimum absolute atomic E-state index is 0.337. The molecule has 0 radical (unpaired) electrons. The van der Waals surface area contributed by atoms with Crippen molar-refractivity contribution in [3.05, 3.63) is 63.8 Å². The van der Waals surface area contributed by atoms with Crippen LogP contribution in [0.3, 0.4) is 0 Å². The van der Waals surface area contributed by atoms with E-state index in [0.717, 1.165) is 5.56 Å². The average molecular weight is 307 g/mol. The minimum Gasteiger partial charge on any atom is -0.359 e. The van der Waals surface area contributed by atoms with Gasteiger partial charge in [0.1, 0.15) is 0 Å². The molecule has 20 heavy (non-hydrogen) atoms. The van der Waals surface area contributed by atoms with Gasteiger partial charge >= 0.3 is 0 Å². The molecule has 1 aromatic heterocycles. The third kappa shape index (κ3) is 2.35. The summed E-state index contributed by atoms with van der Waals surface area (Å²) in [7, 11) is 0. The van der Waals surface area contributed by atoms with Crippen molar-refractivity contribution in [2.45, 2.75) is 0 Å². The SMILES string of the molecule is [O-][n+]1onc(-c2ccc(Cl)cc2)c1-c1ccc(Cl)cc1. The van der Waals surface area contributed by atoms with Crippen LogP contribution in [-0.4, -0.2) is 5.16 Å². The highest BCUT2D eigenvalue weighted by Crippen LogP contribution is 2.29. The highest BCUT2D eigenvalue weighted by atomic mass is 35.5. The summed E-state index contributed by atoms with van der Waals surface area (Å²) in [5, 5.41) is 16.8. The molecule has 0 bridgehead atoms. The summed E-state index contributed by atoms with van der Waals surface area (Å²) >= 11 is 11.7. The van der Waals surface area contributed by atoms with Crippen LogP contribution in [0.25, 0.3) is 22.5 Å². The second-order valence-corrected chi connectivity index (χ2v) is 5.01. The predicted octanol–water partition coefficient (Wildman–Crippen LogP) is 3.95. The van der Waals surface area contributed by atoms with Crippen molar-refractivity contribution in [3.63, 3.8) is 0 Å². The van der Waals surface area contributed by atoms with E-state index in [1.165, 1.54) is 0 Å². The lowest BCUT2D eigenvalue weighted by Gasteiger charge is -2.00. The van der Waals surface area contributed by atoms with E-state index in [2.05, 4.69) is 5.16 Å². The van der Waals surface area contributed by atoms with E-state index in [-0.39, 0.29) is 0 Å². The van der Waals surface area contributed by atoms with Gasteiger partial charge in [0.25, 0.3) is 5.69 Å². The molecule has 0 aliphatic heterocycles. The second kappa shape index (κ2) is 5.15. The van der Waals surface area contributed by atoms with Crippen LogP contribution in [0.5, 0.6) is 0 Å². The molecule has 0 unspecified atom stereocenters. The van der Waals surface area contributed by atoms with Gasteiger partial charge in [-0.2, -0.15) is 0 Å². The maximum absolute atomic E-state index is 11.8. The van der Waals surface area contributed by atoms with Crippen molar-refractivity contribution < 1.29 is 9.53 Å². The Morgan fingerprint density at radius 1 is 0.850 bits per heavy atom. The standard InChI is InChI=1S/C14H8Cl2N2O2/c15-11-5-1-9(2-6-11)13-14(18(19)20-17-13)10-3-7-12(16)8-4-10/h1-8H. The highest BCUT2D eigenvalue weighted by molar-refractivity contribution is 6.30. The topological polar surface area (TPSA) is 53.0 Å². The van der Waals surface area contributed by atoms with E-state index >= 15 is 0 Å². The molecule has 0 saturated heterocycles. The molecule has 0 saturated carbocycles. The van der Waals surface area contributed by atoms with Crippen molar-refractivity contribution in [2.75, 3.05) is 0 Å². The minimum atomic E-state index is 0.337. The normalized spacial score (nSPS) is 10.7. The van der Waals surface area contributed by atoms with Gasteiger partial charge in [-0.1, -0.05) is 23.2 Å². The first-order valence-electron chi connectivity index (χ1n) is 5.77. The molecular formula is C14H8Cl2N2O2. The molecule has 100 valence electrons. The van der Waals surface area contributed by atoms with Gasteiger partial charge < -0.3 is 5.21 Å². The first-order valence-corrected chi connectivity index (χ1v) is 6.52. The summed E-state index contributed by atoms with van der Waals surface area (Å²) in [6, 6.07) is 13.9. The van der Waals surface area contributed by atoms with E-state index < -0.39 is 0 Å². The number of hydrogen-bond acceptors (Lipinski definition) is 3. The van der Waals surface area contributed by atoms with Crippen molar-refractivity contribution in [1.82, 2.24) is 5.16 Å². The largest absolute Gasteiger partial charge is 0.359 e. The van der Waals surface area contributed by atoms with Crippen molar-refractivity contribution >= 4 is 23.2 Å². The Labute approximate surface area is 124 Å². The zero-order valence-corrected chi connectivity index (χ0v) is 11.6. The summed E-state index contributed by atoms with van der Waals surface area (Å²) in [6.45, 7) is 0. The van der Waals surface area contributed by atoms with E-state index in [4.69, 9.17) is 27.8 Å². The van der Waals surface area contributed by atoms with Gasteiger partial charge in [-0.15, -0.1) is 0 Å². The smallest absolute Gasteiger partial charge is 0.256 e. The summed E-state index contributed by atoms with van der Waals surface area (Å²) in [5.41, 5.74) is 2.22. The number of aromatic nitrogens is 2. The fourth-order valence-corrected chi connectivity index (χ4v) is 2.15. The summed E-state index contributed by atoms with van der Waals surface area (Å²) in [6.07, 6.45) is 0. The van der Waals surface area contributed by atoms with Crippen molar-refractivity contribution in [3.8, 4) is 22.5 Å². The van der Waals surface area contributed by atoms with Gasteiger partial charge in [-0.3, -0.25) is 4.63 Å². The van der Waals surface area contributed by atoms with Crippen molar-refractivity contribution in [1.29, 1.82) is 0 Å². The summed E-state index contributed by atoms with van der Waals surface area (Å²) in [4.78, 5) is 0.382. The Morgan fingerprint density at radius 3 is 1.90 bits per heavy atom. The monoisotopic (exact) mass is 306 g/mol. The molecule has 2 aromatic carbocycles. The average Bonchev–Trinajstić information content (AvgIpc) is 2.83. The zero-order valence-electron chi connectivity index (χ0n) is 10.1. The molecule has 4 nitrogen and oxygen atoms in total. The van der Waals surface area contributed by atoms with E-state index in [1.807, 2.05) is 0 Å². The molecule has 0 atom stereocenters. The third-order valence-electron chi connectivity index (χ3n) is 2.85. The fourth-order valence-electron chi connectivity index (χ4n) is 1.90. The van der Waals surface area contributed by atoms with Crippen LogP contribution in [0.4, 0.5) is 0 Å². The van der Waals surface area contributed by atoms with Crippen LogP contribution in [0.1, 0.15) is 0 Å². The van der Waals surface area contributed by atoms with E-state index in [9.17, 15) is 5.21 Å². The van der Waals surface area contributed by atoms with E-state index in [1.54, 1.807) is 48.5 Å². The number of benzene rings is 2.